The second-order valence-corrected chi connectivity index (χ2v) is 9.64. The second kappa shape index (κ2) is 16.7. The molecule has 0 fully saturated rings. The van der Waals surface area contributed by atoms with Gasteiger partial charge >= 0.3 is 0 Å². The van der Waals surface area contributed by atoms with E-state index in [-0.39, 0.29) is 5.78 Å². The molecule has 4 aromatic rings. The van der Waals surface area contributed by atoms with Gasteiger partial charge in [0, 0.05) is 44.9 Å². The van der Waals surface area contributed by atoms with Crippen LogP contribution in [0.4, 0.5) is 23.5 Å². The number of ketones is 1. The molecule has 0 aliphatic rings. The van der Waals surface area contributed by atoms with Gasteiger partial charge in [-0.3, -0.25) is 4.79 Å². The van der Waals surface area contributed by atoms with Crippen molar-refractivity contribution < 1.29 is 19.0 Å². The van der Waals surface area contributed by atoms with Crippen molar-refractivity contribution in [3.8, 4) is 5.75 Å². The van der Waals surface area contributed by atoms with Crippen LogP contribution >= 0.6 is 0 Å². The molecule has 0 saturated carbocycles. The fourth-order valence-corrected chi connectivity index (χ4v) is 3.86. The van der Waals surface area contributed by atoms with Crippen LogP contribution in [0.1, 0.15) is 28.8 Å². The lowest BCUT2D eigenvalue weighted by molar-refractivity contribution is 0.0497. The summed E-state index contributed by atoms with van der Waals surface area (Å²) < 4.78 is 17.1. The van der Waals surface area contributed by atoms with Crippen LogP contribution in [0.3, 0.4) is 0 Å². The highest BCUT2D eigenvalue weighted by atomic mass is 16.5. The van der Waals surface area contributed by atoms with Crippen LogP contribution in [-0.4, -0.2) is 67.8 Å². The molecular formula is C32H38N6O4. The van der Waals surface area contributed by atoms with E-state index in [1.54, 1.807) is 0 Å². The lowest BCUT2D eigenvalue weighted by Crippen LogP contribution is -2.18. The molecular weight excluding hydrogens is 532 g/mol. The van der Waals surface area contributed by atoms with Crippen molar-refractivity contribution in [2.45, 2.75) is 19.4 Å². The van der Waals surface area contributed by atoms with Gasteiger partial charge in [0.1, 0.15) is 12.4 Å². The molecule has 0 radical (unpaired) electrons. The molecule has 0 unspecified atom stereocenters. The predicted octanol–water partition coefficient (Wildman–Crippen LogP) is 5.37. The summed E-state index contributed by atoms with van der Waals surface area (Å²) in [6, 6.07) is 27.0. The maximum atomic E-state index is 12.1. The zero-order valence-electron chi connectivity index (χ0n) is 24.2. The summed E-state index contributed by atoms with van der Waals surface area (Å²) in [5.74, 6) is 2.31. The third-order valence-corrected chi connectivity index (χ3v) is 6.07. The molecule has 0 aliphatic heterocycles. The number of aromatic nitrogens is 3. The van der Waals surface area contributed by atoms with E-state index in [9.17, 15) is 4.79 Å². The standard InChI is InChI=1S/C32H38N6O4/c1-38(2)32-36-30(33-19-21-41-23-22-40-20-9-14-29(39)26-12-7-4-8-13-26)35-31(37-32)34-27-15-17-28(18-16-27)42-24-25-10-5-3-6-11-25/h3-8,10-13,15-18H,9,14,19-24H2,1-2H3,(H2,33,34,35,36,37). The molecule has 0 amide bonds. The molecule has 0 atom stereocenters. The van der Waals surface area contributed by atoms with Crippen LogP contribution in [-0.2, 0) is 16.1 Å². The van der Waals surface area contributed by atoms with E-state index in [1.807, 2.05) is 104 Å². The van der Waals surface area contributed by atoms with E-state index in [1.165, 1.54) is 0 Å². The summed E-state index contributed by atoms with van der Waals surface area (Å²) in [6.07, 6.45) is 1.16. The average molecular weight is 571 g/mol. The van der Waals surface area contributed by atoms with Gasteiger partial charge in [0.15, 0.2) is 5.78 Å². The summed E-state index contributed by atoms with van der Waals surface area (Å²) in [6.45, 7) is 2.96. The second-order valence-electron chi connectivity index (χ2n) is 9.64. The van der Waals surface area contributed by atoms with Crippen LogP contribution < -0.4 is 20.3 Å². The number of nitrogens with one attached hydrogen (secondary N) is 2. The molecule has 2 N–H and O–H groups in total. The van der Waals surface area contributed by atoms with Gasteiger partial charge in [-0.1, -0.05) is 60.7 Å². The Kier molecular flexibility index (Phi) is 12.1. The van der Waals surface area contributed by atoms with Gasteiger partial charge in [0.25, 0.3) is 0 Å². The lowest BCUT2D eigenvalue weighted by Gasteiger charge is -2.14. The van der Waals surface area contributed by atoms with Crippen molar-refractivity contribution in [3.05, 3.63) is 96.1 Å². The monoisotopic (exact) mass is 570 g/mol. The summed E-state index contributed by atoms with van der Waals surface area (Å²) in [5, 5.41) is 6.43. The third kappa shape index (κ3) is 10.5. The Morgan fingerprint density at radius 3 is 2.14 bits per heavy atom. The first-order valence-corrected chi connectivity index (χ1v) is 14.0. The van der Waals surface area contributed by atoms with Crippen molar-refractivity contribution >= 4 is 29.3 Å². The molecule has 0 aliphatic carbocycles. The number of nitrogens with zero attached hydrogens (tertiary/aromatic N) is 4. The average Bonchev–Trinajstić information content (AvgIpc) is 3.02. The van der Waals surface area contributed by atoms with Gasteiger partial charge in [0.2, 0.25) is 17.8 Å². The minimum absolute atomic E-state index is 0.137. The third-order valence-electron chi connectivity index (χ3n) is 6.07. The van der Waals surface area contributed by atoms with Gasteiger partial charge in [-0.05, 0) is 36.2 Å². The van der Waals surface area contributed by atoms with Crippen molar-refractivity contribution in [1.82, 2.24) is 15.0 Å². The number of anilines is 4. The van der Waals surface area contributed by atoms with Crippen molar-refractivity contribution in [2.75, 3.05) is 62.6 Å². The van der Waals surface area contributed by atoms with Crippen LogP contribution in [0.5, 0.6) is 5.75 Å². The van der Waals surface area contributed by atoms with Gasteiger partial charge in [0.05, 0.1) is 19.8 Å². The molecule has 4 rings (SSSR count). The predicted molar refractivity (Wildman–Crippen MR) is 165 cm³/mol. The smallest absolute Gasteiger partial charge is 0.233 e. The van der Waals surface area contributed by atoms with E-state index in [0.717, 1.165) is 22.6 Å². The Morgan fingerprint density at radius 1 is 0.762 bits per heavy atom. The Bertz CT molecular complexity index is 1350. The first-order valence-electron chi connectivity index (χ1n) is 14.0. The SMILES string of the molecule is CN(C)c1nc(NCCOCCOCCCC(=O)c2ccccc2)nc(Nc2ccc(OCc3ccccc3)cc2)n1. The largest absolute Gasteiger partial charge is 0.489 e. The zero-order valence-corrected chi connectivity index (χ0v) is 24.2. The number of benzene rings is 3. The number of hydrogen-bond donors (Lipinski definition) is 2. The van der Waals surface area contributed by atoms with Gasteiger partial charge in [-0.15, -0.1) is 0 Å². The van der Waals surface area contributed by atoms with Gasteiger partial charge in [-0.2, -0.15) is 15.0 Å². The van der Waals surface area contributed by atoms with Gasteiger partial charge in [-0.25, -0.2) is 0 Å². The minimum atomic E-state index is 0.137. The Labute approximate surface area is 247 Å². The topological polar surface area (TPSA) is 111 Å². The fraction of sp³-hybridized carbons (Fsp3) is 0.312. The van der Waals surface area contributed by atoms with E-state index in [4.69, 9.17) is 14.2 Å². The molecule has 1 aromatic heterocycles. The molecule has 3 aromatic carbocycles. The van der Waals surface area contributed by atoms with E-state index in [0.29, 0.717) is 70.3 Å². The quantitative estimate of drug-likeness (QED) is 0.120. The van der Waals surface area contributed by atoms with Crippen LogP contribution in [0.15, 0.2) is 84.9 Å². The van der Waals surface area contributed by atoms with Crippen molar-refractivity contribution in [2.24, 2.45) is 0 Å². The maximum Gasteiger partial charge on any atom is 0.233 e. The van der Waals surface area contributed by atoms with Crippen molar-refractivity contribution in [1.29, 1.82) is 0 Å². The van der Waals surface area contributed by atoms with Crippen LogP contribution in [0.25, 0.3) is 0 Å². The first-order chi connectivity index (χ1) is 20.6. The maximum absolute atomic E-state index is 12.1. The molecule has 0 bridgehead atoms. The molecule has 0 saturated heterocycles. The number of ether oxygens (including phenoxy) is 3. The Hall–Kier alpha value is -4.54. The van der Waals surface area contributed by atoms with Crippen LogP contribution in [0.2, 0.25) is 0 Å². The normalized spacial score (nSPS) is 10.7. The summed E-state index contributed by atoms with van der Waals surface area (Å²) >= 11 is 0. The highest BCUT2D eigenvalue weighted by Crippen LogP contribution is 2.21. The van der Waals surface area contributed by atoms with E-state index >= 15 is 0 Å². The number of hydrogen-bond acceptors (Lipinski definition) is 10. The molecule has 0 spiro atoms. The summed E-state index contributed by atoms with van der Waals surface area (Å²) in [5.41, 5.74) is 2.69. The number of carbonyl (C=O) groups excluding carboxylic acids is 1. The van der Waals surface area contributed by atoms with E-state index in [2.05, 4.69) is 25.6 Å². The highest BCUT2D eigenvalue weighted by Gasteiger charge is 2.09. The molecule has 10 heteroatoms. The minimum Gasteiger partial charge on any atom is -0.489 e. The Morgan fingerprint density at radius 2 is 1.43 bits per heavy atom. The molecule has 220 valence electrons. The number of Topliss-reactive ketones (excluding diaryl/α,β-unsaturated/α-hetero) is 1. The van der Waals surface area contributed by atoms with Gasteiger partial charge < -0.3 is 29.7 Å². The summed E-state index contributed by atoms with van der Waals surface area (Å²) in [4.78, 5) is 27.4. The molecule has 42 heavy (non-hydrogen) atoms. The lowest BCUT2D eigenvalue weighted by atomic mass is 10.1. The van der Waals surface area contributed by atoms with E-state index < -0.39 is 0 Å². The highest BCUT2D eigenvalue weighted by molar-refractivity contribution is 5.95. The summed E-state index contributed by atoms with van der Waals surface area (Å²) in [7, 11) is 3.75. The Balaban J connectivity index is 1.14. The number of carbonyl (C=O) groups is 1. The zero-order chi connectivity index (χ0) is 29.4. The molecule has 1 heterocycles. The first kappa shape index (κ1) is 30.4. The van der Waals surface area contributed by atoms with Crippen LogP contribution in [0, 0.1) is 0 Å². The molecule has 10 nitrogen and oxygen atoms in total. The number of rotatable bonds is 18. The fourth-order valence-electron chi connectivity index (χ4n) is 3.86. The van der Waals surface area contributed by atoms with Crippen molar-refractivity contribution in [3.63, 3.8) is 0 Å².